The summed E-state index contributed by atoms with van der Waals surface area (Å²) in [6.45, 7) is 2.97. The molecule has 4 nitrogen and oxygen atoms in total. The first-order valence-corrected chi connectivity index (χ1v) is 8.42. The van der Waals surface area contributed by atoms with Crippen LogP contribution in [0.3, 0.4) is 0 Å². The van der Waals surface area contributed by atoms with Crippen LogP contribution in [0, 0.1) is 0 Å². The third-order valence-electron chi connectivity index (χ3n) is 2.59. The number of rotatable bonds is 4. The Labute approximate surface area is 107 Å². The predicted molar refractivity (Wildman–Crippen MR) is 73.3 cm³/mol. The number of nitrogens with zero attached hydrogens (tertiary/aromatic N) is 1. The summed E-state index contributed by atoms with van der Waals surface area (Å²) in [4.78, 5) is 0.0828. The van der Waals surface area contributed by atoms with Gasteiger partial charge in [0.2, 0.25) is 10.0 Å². The van der Waals surface area contributed by atoms with Gasteiger partial charge >= 0.3 is 0 Å². The molecule has 0 aromatic rings. The molecular formula is C9H18N2O2S3. The molecule has 1 heterocycles. The number of sulfonamides is 1. The lowest BCUT2D eigenvalue weighted by atomic mass is 10.3. The lowest BCUT2D eigenvalue weighted by Gasteiger charge is -2.24. The zero-order valence-electron chi connectivity index (χ0n) is 9.39. The van der Waals surface area contributed by atoms with Crippen molar-refractivity contribution in [1.29, 1.82) is 0 Å². The summed E-state index contributed by atoms with van der Waals surface area (Å²) in [6, 6.07) is 0. The smallest absolute Gasteiger partial charge is 0.223 e. The first-order chi connectivity index (χ1) is 7.50. The lowest BCUT2D eigenvalue weighted by Crippen LogP contribution is -2.45. The third kappa shape index (κ3) is 3.32. The number of hydrogen-bond donors (Lipinski definition) is 1. The van der Waals surface area contributed by atoms with Gasteiger partial charge in [0.05, 0.1) is 4.99 Å². The van der Waals surface area contributed by atoms with E-state index in [1.54, 1.807) is 23.0 Å². The van der Waals surface area contributed by atoms with E-state index in [1.807, 2.05) is 0 Å². The lowest BCUT2D eigenvalue weighted by molar-refractivity contribution is 0.431. The van der Waals surface area contributed by atoms with E-state index in [-0.39, 0.29) is 4.99 Å². The van der Waals surface area contributed by atoms with Crippen molar-refractivity contribution in [1.82, 2.24) is 4.31 Å². The highest BCUT2D eigenvalue weighted by molar-refractivity contribution is 7.99. The first-order valence-electron chi connectivity index (χ1n) is 5.36. The van der Waals surface area contributed by atoms with Crippen LogP contribution < -0.4 is 5.73 Å². The van der Waals surface area contributed by atoms with Crippen molar-refractivity contribution in [3.63, 3.8) is 0 Å². The number of thiocarbonyl (C=S) groups is 1. The molecule has 1 aliphatic heterocycles. The van der Waals surface area contributed by atoms with Crippen LogP contribution in [0.5, 0.6) is 0 Å². The van der Waals surface area contributed by atoms with Crippen molar-refractivity contribution in [2.75, 3.05) is 24.6 Å². The van der Waals surface area contributed by atoms with Crippen molar-refractivity contribution in [3.8, 4) is 0 Å². The predicted octanol–water partition coefficient (Wildman–Crippen LogP) is 0.820. The average molecular weight is 282 g/mol. The second-order valence-corrected chi connectivity index (χ2v) is 7.52. The summed E-state index contributed by atoms with van der Waals surface area (Å²) < 4.78 is 26.1. The van der Waals surface area contributed by atoms with E-state index < -0.39 is 15.3 Å². The summed E-state index contributed by atoms with van der Waals surface area (Å²) >= 11 is 6.63. The summed E-state index contributed by atoms with van der Waals surface area (Å²) in [7, 11) is -3.34. The third-order valence-corrected chi connectivity index (χ3v) is 6.46. The Kier molecular flexibility index (Phi) is 5.49. The standard InChI is InChI=1S/C9H18N2O2S3/c1-2-8(9(10)14)16(12,13)11-4-3-6-15-7-5-11/h8H,2-7H2,1H3,(H2,10,14). The van der Waals surface area contributed by atoms with Crippen molar-refractivity contribution in [2.45, 2.75) is 25.0 Å². The fraction of sp³-hybridized carbons (Fsp3) is 0.889. The van der Waals surface area contributed by atoms with E-state index in [0.717, 1.165) is 17.9 Å². The quantitative estimate of drug-likeness (QED) is 0.774. The molecule has 0 amide bonds. The Morgan fingerprint density at radius 2 is 2.19 bits per heavy atom. The monoisotopic (exact) mass is 282 g/mol. The Morgan fingerprint density at radius 3 is 2.75 bits per heavy atom. The number of thioether (sulfide) groups is 1. The summed E-state index contributed by atoms with van der Waals surface area (Å²) in [5.41, 5.74) is 5.50. The van der Waals surface area contributed by atoms with Gasteiger partial charge in [0.25, 0.3) is 0 Å². The molecule has 16 heavy (non-hydrogen) atoms. The number of hydrogen-bond acceptors (Lipinski definition) is 4. The molecule has 0 radical (unpaired) electrons. The highest BCUT2D eigenvalue weighted by Gasteiger charge is 2.32. The van der Waals surface area contributed by atoms with Crippen molar-refractivity contribution in [2.24, 2.45) is 5.73 Å². The fourth-order valence-electron chi connectivity index (χ4n) is 1.72. The maximum atomic E-state index is 12.3. The first kappa shape index (κ1) is 14.2. The maximum absolute atomic E-state index is 12.3. The Bertz CT molecular complexity index is 335. The molecule has 7 heteroatoms. The molecule has 94 valence electrons. The van der Waals surface area contributed by atoms with E-state index in [9.17, 15) is 8.42 Å². The molecule has 1 unspecified atom stereocenters. The maximum Gasteiger partial charge on any atom is 0.223 e. The Hall–Kier alpha value is 0.150. The van der Waals surface area contributed by atoms with Crippen LogP contribution in [0.4, 0.5) is 0 Å². The van der Waals surface area contributed by atoms with Crippen LogP contribution >= 0.6 is 24.0 Å². The van der Waals surface area contributed by atoms with E-state index >= 15 is 0 Å². The zero-order chi connectivity index (χ0) is 12.2. The van der Waals surface area contributed by atoms with Crippen LogP contribution in [-0.2, 0) is 10.0 Å². The minimum Gasteiger partial charge on any atom is -0.392 e. The van der Waals surface area contributed by atoms with Crippen LogP contribution in [0.15, 0.2) is 0 Å². The SMILES string of the molecule is CCC(C(N)=S)S(=O)(=O)N1CCCSCC1. The minimum atomic E-state index is -3.34. The van der Waals surface area contributed by atoms with E-state index in [2.05, 4.69) is 0 Å². The van der Waals surface area contributed by atoms with Gasteiger partial charge in [-0.15, -0.1) is 0 Å². The van der Waals surface area contributed by atoms with Gasteiger partial charge in [0.15, 0.2) is 0 Å². The van der Waals surface area contributed by atoms with Crippen LogP contribution in [-0.4, -0.2) is 47.6 Å². The molecule has 0 bridgehead atoms. The Morgan fingerprint density at radius 1 is 1.50 bits per heavy atom. The molecule has 1 fully saturated rings. The van der Waals surface area contributed by atoms with Crippen molar-refractivity contribution in [3.05, 3.63) is 0 Å². The van der Waals surface area contributed by atoms with Gasteiger partial charge in [0, 0.05) is 18.8 Å². The molecule has 0 aromatic carbocycles. The largest absolute Gasteiger partial charge is 0.392 e. The second-order valence-electron chi connectivity index (χ2n) is 3.71. The van der Waals surface area contributed by atoms with E-state index in [4.69, 9.17) is 18.0 Å². The van der Waals surface area contributed by atoms with Crippen LogP contribution in [0.1, 0.15) is 19.8 Å². The van der Waals surface area contributed by atoms with Gasteiger partial charge in [-0.05, 0) is 18.6 Å². The normalized spacial score (nSPS) is 21.3. The molecule has 0 aromatic heterocycles. The van der Waals surface area contributed by atoms with Gasteiger partial charge in [0.1, 0.15) is 5.25 Å². The summed E-state index contributed by atoms with van der Waals surface area (Å²) in [5, 5.41) is -0.703. The summed E-state index contributed by atoms with van der Waals surface area (Å²) in [5.74, 6) is 1.88. The summed E-state index contributed by atoms with van der Waals surface area (Å²) in [6.07, 6.45) is 1.35. The molecule has 1 rings (SSSR count). The van der Waals surface area contributed by atoms with Gasteiger partial charge < -0.3 is 5.73 Å². The van der Waals surface area contributed by atoms with Crippen molar-refractivity contribution >= 4 is 39.0 Å². The van der Waals surface area contributed by atoms with Crippen LogP contribution in [0.2, 0.25) is 0 Å². The topological polar surface area (TPSA) is 63.4 Å². The van der Waals surface area contributed by atoms with Gasteiger partial charge in [-0.1, -0.05) is 19.1 Å². The van der Waals surface area contributed by atoms with Crippen LogP contribution in [0.25, 0.3) is 0 Å². The van der Waals surface area contributed by atoms with E-state index in [1.165, 1.54) is 0 Å². The van der Waals surface area contributed by atoms with Gasteiger partial charge in [-0.2, -0.15) is 11.8 Å². The molecular weight excluding hydrogens is 264 g/mol. The molecule has 1 atom stereocenters. The minimum absolute atomic E-state index is 0.0828. The number of nitrogens with two attached hydrogens (primary N) is 1. The van der Waals surface area contributed by atoms with Gasteiger partial charge in [-0.3, -0.25) is 0 Å². The molecule has 1 saturated heterocycles. The fourth-order valence-corrected chi connectivity index (χ4v) is 5.05. The highest BCUT2D eigenvalue weighted by atomic mass is 32.2. The van der Waals surface area contributed by atoms with E-state index in [0.29, 0.717) is 19.5 Å². The molecule has 1 aliphatic rings. The Balaban J connectivity index is 2.85. The van der Waals surface area contributed by atoms with Gasteiger partial charge in [-0.25, -0.2) is 12.7 Å². The molecule has 0 saturated carbocycles. The molecule has 0 spiro atoms. The molecule has 0 aliphatic carbocycles. The zero-order valence-corrected chi connectivity index (χ0v) is 11.8. The second kappa shape index (κ2) is 6.18. The van der Waals surface area contributed by atoms with Crippen molar-refractivity contribution < 1.29 is 8.42 Å². The average Bonchev–Trinajstić information content (AvgIpc) is 2.45. The molecule has 2 N–H and O–H groups in total. The highest BCUT2D eigenvalue weighted by Crippen LogP contribution is 2.18.